The van der Waals surface area contributed by atoms with Crippen LogP contribution in [0.3, 0.4) is 0 Å². The number of nitrogens with one attached hydrogen (secondary N) is 1. The molecule has 1 aliphatic rings. The first kappa shape index (κ1) is 16.2. The highest BCUT2D eigenvalue weighted by atomic mass is 19.4. The molecule has 0 atom stereocenters. The summed E-state index contributed by atoms with van der Waals surface area (Å²) < 4.78 is 51.4. The van der Waals surface area contributed by atoms with Crippen molar-refractivity contribution in [2.75, 3.05) is 26.7 Å². The lowest BCUT2D eigenvalue weighted by Crippen LogP contribution is -2.36. The molecule has 0 bridgehead atoms. The van der Waals surface area contributed by atoms with Gasteiger partial charge in [0, 0.05) is 6.54 Å². The van der Waals surface area contributed by atoms with E-state index in [9.17, 15) is 17.6 Å². The van der Waals surface area contributed by atoms with Gasteiger partial charge in [-0.2, -0.15) is 13.2 Å². The summed E-state index contributed by atoms with van der Waals surface area (Å²) in [6.45, 7) is 3.01. The fourth-order valence-corrected chi connectivity index (χ4v) is 2.80. The van der Waals surface area contributed by atoms with Crippen LogP contribution in [-0.4, -0.2) is 31.6 Å². The Morgan fingerprint density at radius 1 is 1.19 bits per heavy atom. The van der Waals surface area contributed by atoms with Gasteiger partial charge >= 0.3 is 6.18 Å². The van der Waals surface area contributed by atoms with Gasteiger partial charge in [-0.15, -0.1) is 0 Å². The molecule has 0 saturated carbocycles. The van der Waals surface area contributed by atoms with Crippen molar-refractivity contribution in [2.45, 2.75) is 25.6 Å². The Morgan fingerprint density at radius 3 is 2.43 bits per heavy atom. The average molecular weight is 304 g/mol. The molecule has 118 valence electrons. The van der Waals surface area contributed by atoms with Gasteiger partial charge in [0.15, 0.2) is 0 Å². The number of hydrogen-bond acceptors (Lipinski definition) is 2. The molecule has 6 heteroatoms. The summed E-state index contributed by atoms with van der Waals surface area (Å²) in [5, 5.41) is 3.14. The van der Waals surface area contributed by atoms with Crippen LogP contribution in [0.5, 0.6) is 0 Å². The number of likely N-dealkylation sites (tertiary alicyclic amines) is 1. The third-order valence-electron chi connectivity index (χ3n) is 3.89. The fraction of sp³-hybridized carbons (Fsp3) is 0.600. The van der Waals surface area contributed by atoms with Crippen molar-refractivity contribution in [3.63, 3.8) is 0 Å². The number of piperidine rings is 1. The van der Waals surface area contributed by atoms with Crippen molar-refractivity contribution in [3.8, 4) is 0 Å². The first-order chi connectivity index (χ1) is 9.88. The van der Waals surface area contributed by atoms with Crippen LogP contribution in [0.1, 0.15) is 24.0 Å². The van der Waals surface area contributed by atoms with Crippen molar-refractivity contribution >= 4 is 0 Å². The number of nitrogens with zero attached hydrogens (tertiary/aromatic N) is 1. The molecule has 0 aromatic heterocycles. The zero-order valence-corrected chi connectivity index (χ0v) is 12.0. The van der Waals surface area contributed by atoms with E-state index in [0.29, 0.717) is 24.1 Å². The Balaban J connectivity index is 1.99. The van der Waals surface area contributed by atoms with E-state index in [1.165, 1.54) is 6.07 Å². The SMILES string of the molecule is CNCC1CCN(Cc2cc(F)cc(C(F)(F)F)c2)CC1. The van der Waals surface area contributed by atoms with Crippen molar-refractivity contribution in [3.05, 3.63) is 35.1 Å². The summed E-state index contributed by atoms with van der Waals surface area (Å²) in [4.78, 5) is 2.08. The van der Waals surface area contributed by atoms with E-state index in [2.05, 4.69) is 10.2 Å². The molecule has 2 rings (SSSR count). The lowest BCUT2D eigenvalue weighted by molar-refractivity contribution is -0.137. The second-order valence-corrected chi connectivity index (χ2v) is 5.62. The zero-order valence-electron chi connectivity index (χ0n) is 12.0. The van der Waals surface area contributed by atoms with Gasteiger partial charge in [-0.05, 0) is 69.2 Å². The molecular weight excluding hydrogens is 284 g/mol. The highest BCUT2D eigenvalue weighted by molar-refractivity contribution is 5.26. The molecule has 1 fully saturated rings. The van der Waals surface area contributed by atoms with Crippen LogP contribution in [0.15, 0.2) is 18.2 Å². The van der Waals surface area contributed by atoms with E-state index < -0.39 is 17.6 Å². The van der Waals surface area contributed by atoms with E-state index in [1.54, 1.807) is 0 Å². The van der Waals surface area contributed by atoms with Gasteiger partial charge < -0.3 is 5.32 Å². The molecule has 1 aliphatic heterocycles. The minimum absolute atomic E-state index is 0.368. The Labute approximate surface area is 122 Å². The molecule has 0 radical (unpaired) electrons. The monoisotopic (exact) mass is 304 g/mol. The zero-order chi connectivity index (χ0) is 15.5. The topological polar surface area (TPSA) is 15.3 Å². The van der Waals surface area contributed by atoms with Gasteiger partial charge in [-0.25, -0.2) is 4.39 Å². The summed E-state index contributed by atoms with van der Waals surface area (Å²) in [5.74, 6) is -0.214. The molecule has 0 unspecified atom stereocenters. The Bertz CT molecular complexity index is 465. The number of alkyl halides is 3. The third-order valence-corrected chi connectivity index (χ3v) is 3.89. The molecule has 21 heavy (non-hydrogen) atoms. The second kappa shape index (κ2) is 6.75. The fourth-order valence-electron chi connectivity index (χ4n) is 2.80. The van der Waals surface area contributed by atoms with E-state index in [0.717, 1.165) is 38.5 Å². The summed E-state index contributed by atoms with van der Waals surface area (Å²) in [5.41, 5.74) is -0.531. The molecule has 1 heterocycles. The first-order valence-corrected chi connectivity index (χ1v) is 7.12. The van der Waals surface area contributed by atoms with Crippen molar-refractivity contribution in [1.29, 1.82) is 0 Å². The maximum atomic E-state index is 13.3. The number of benzene rings is 1. The maximum Gasteiger partial charge on any atom is 0.416 e. The summed E-state index contributed by atoms with van der Waals surface area (Å²) in [6.07, 6.45) is -2.47. The highest BCUT2D eigenvalue weighted by Gasteiger charge is 2.31. The lowest BCUT2D eigenvalue weighted by Gasteiger charge is -2.32. The smallest absolute Gasteiger partial charge is 0.319 e. The van der Waals surface area contributed by atoms with Crippen LogP contribution < -0.4 is 5.32 Å². The molecule has 1 N–H and O–H groups in total. The molecular formula is C15H20F4N2. The third kappa shape index (κ3) is 4.68. The molecule has 1 aromatic rings. The normalized spacial score (nSPS) is 18.1. The largest absolute Gasteiger partial charge is 0.416 e. The standard InChI is InChI=1S/C15H20F4N2/c1-20-9-11-2-4-21(5-3-11)10-12-6-13(15(17,18)19)8-14(16)7-12/h6-8,11,20H,2-5,9-10H2,1H3. The quantitative estimate of drug-likeness (QED) is 0.859. The van der Waals surface area contributed by atoms with Crippen LogP contribution in [0.4, 0.5) is 17.6 Å². The highest BCUT2D eigenvalue weighted by Crippen LogP contribution is 2.31. The van der Waals surface area contributed by atoms with Crippen LogP contribution >= 0.6 is 0 Å². The number of halogens is 4. The van der Waals surface area contributed by atoms with E-state index in [1.807, 2.05) is 7.05 Å². The van der Waals surface area contributed by atoms with Gasteiger partial charge in [0.25, 0.3) is 0 Å². The van der Waals surface area contributed by atoms with Crippen molar-refractivity contribution < 1.29 is 17.6 Å². The van der Waals surface area contributed by atoms with Gasteiger partial charge in [0.2, 0.25) is 0 Å². The van der Waals surface area contributed by atoms with Crippen LogP contribution in [-0.2, 0) is 12.7 Å². The van der Waals surface area contributed by atoms with E-state index in [4.69, 9.17) is 0 Å². The van der Waals surface area contributed by atoms with Crippen LogP contribution in [0, 0.1) is 11.7 Å². The molecule has 1 saturated heterocycles. The van der Waals surface area contributed by atoms with Gasteiger partial charge in [0.05, 0.1) is 5.56 Å². The molecule has 0 spiro atoms. The lowest BCUT2D eigenvalue weighted by atomic mass is 9.96. The van der Waals surface area contributed by atoms with Crippen LogP contribution in [0.25, 0.3) is 0 Å². The summed E-state index contributed by atoms with van der Waals surface area (Å²) >= 11 is 0. The predicted molar refractivity (Wildman–Crippen MR) is 73.3 cm³/mol. The summed E-state index contributed by atoms with van der Waals surface area (Å²) in [6, 6.07) is 2.78. The minimum Gasteiger partial charge on any atom is -0.319 e. The van der Waals surface area contributed by atoms with Crippen LogP contribution in [0.2, 0.25) is 0 Å². The van der Waals surface area contributed by atoms with Gasteiger partial charge in [-0.3, -0.25) is 4.90 Å². The minimum atomic E-state index is -4.50. The Kier molecular flexibility index (Phi) is 5.22. The molecule has 0 amide bonds. The van der Waals surface area contributed by atoms with Crippen molar-refractivity contribution in [2.24, 2.45) is 5.92 Å². The van der Waals surface area contributed by atoms with E-state index in [-0.39, 0.29) is 0 Å². The first-order valence-electron chi connectivity index (χ1n) is 7.12. The second-order valence-electron chi connectivity index (χ2n) is 5.62. The Hall–Kier alpha value is -1.14. The maximum absolute atomic E-state index is 13.3. The Morgan fingerprint density at radius 2 is 1.86 bits per heavy atom. The average Bonchev–Trinajstić information content (AvgIpc) is 2.40. The molecule has 2 nitrogen and oxygen atoms in total. The van der Waals surface area contributed by atoms with Crippen molar-refractivity contribution in [1.82, 2.24) is 10.2 Å². The molecule has 1 aromatic carbocycles. The number of hydrogen-bond donors (Lipinski definition) is 1. The summed E-state index contributed by atoms with van der Waals surface area (Å²) in [7, 11) is 1.91. The molecule has 0 aliphatic carbocycles. The van der Waals surface area contributed by atoms with E-state index >= 15 is 0 Å². The van der Waals surface area contributed by atoms with Gasteiger partial charge in [0.1, 0.15) is 5.82 Å². The number of rotatable bonds is 4. The van der Waals surface area contributed by atoms with Gasteiger partial charge in [-0.1, -0.05) is 0 Å². The predicted octanol–water partition coefficient (Wildman–Crippen LogP) is 3.28.